The fourth-order valence-corrected chi connectivity index (χ4v) is 0.243. The molecule has 0 aromatic rings. The molecule has 0 unspecified atom stereocenters. The molecular weight excluding hydrogens is 148 g/mol. The van der Waals surface area contributed by atoms with Crippen LogP contribution in [0, 0.1) is 0 Å². The Kier molecular flexibility index (Phi) is 9.70. The van der Waals surface area contributed by atoms with Gasteiger partial charge in [-0.15, -0.1) is 0 Å². The Morgan fingerprint density at radius 3 is 1.18 bits per heavy atom. The number of aliphatic hydroxyl groups excluding tert-OH is 2. The van der Waals surface area contributed by atoms with E-state index in [0.717, 1.165) is 0 Å². The summed E-state index contributed by atoms with van der Waals surface area (Å²) in [6, 6.07) is 0. The summed E-state index contributed by atoms with van der Waals surface area (Å²) in [5, 5.41) is 24.2. The third kappa shape index (κ3) is 41.0. The first kappa shape index (κ1) is 13.4. The van der Waals surface area contributed by atoms with Crippen LogP contribution in [0.2, 0.25) is 0 Å². The summed E-state index contributed by atoms with van der Waals surface area (Å²) >= 11 is 0. The normalized spacial score (nSPS) is 10.4. The lowest BCUT2D eigenvalue weighted by molar-refractivity contribution is -0.249. The first-order chi connectivity index (χ1) is 4.86. The summed E-state index contributed by atoms with van der Waals surface area (Å²) in [5.74, 6) is 0. The Morgan fingerprint density at radius 2 is 1.18 bits per heavy atom. The van der Waals surface area contributed by atoms with Crippen LogP contribution in [0.25, 0.3) is 0 Å². The second-order valence-electron chi connectivity index (χ2n) is 2.60. The molecule has 0 aliphatic carbocycles. The minimum atomic E-state index is -1.63. The number of hydrogen-bond acceptors (Lipinski definition) is 4. The molecule has 0 amide bonds. The molecule has 0 aliphatic heterocycles. The van der Waals surface area contributed by atoms with Crippen molar-refractivity contribution in [2.75, 3.05) is 0 Å². The van der Waals surface area contributed by atoms with Gasteiger partial charge in [0.25, 0.3) is 6.48 Å². The van der Waals surface area contributed by atoms with Crippen LogP contribution in [0.3, 0.4) is 0 Å². The van der Waals surface area contributed by atoms with Gasteiger partial charge in [0.15, 0.2) is 0 Å². The lowest BCUT2D eigenvalue weighted by Gasteiger charge is -2.06. The van der Waals surface area contributed by atoms with Crippen LogP contribution < -0.4 is 0 Å². The molecule has 11 heavy (non-hydrogen) atoms. The van der Waals surface area contributed by atoms with E-state index in [1.165, 1.54) is 0 Å². The number of hydrogen-bond donors (Lipinski definition) is 3. The van der Waals surface area contributed by atoms with Crippen molar-refractivity contribution in [1.82, 2.24) is 0 Å². The van der Waals surface area contributed by atoms with Gasteiger partial charge in [0.1, 0.15) is 0 Å². The fraction of sp³-hybridized carbons (Fsp3) is 1.00. The quantitative estimate of drug-likeness (QED) is 0.508. The summed E-state index contributed by atoms with van der Waals surface area (Å²) in [6.07, 6.45) is -0.292. The van der Waals surface area contributed by atoms with Crippen molar-refractivity contribution in [3.05, 3.63) is 0 Å². The molecular formula is C7H18O4. The lowest BCUT2D eigenvalue weighted by Crippen LogP contribution is -2.15. The summed E-state index contributed by atoms with van der Waals surface area (Å²) in [4.78, 5) is 0. The van der Waals surface area contributed by atoms with Gasteiger partial charge in [-0.3, -0.25) is 0 Å². The second-order valence-corrected chi connectivity index (χ2v) is 2.60. The topological polar surface area (TPSA) is 69.9 Å². The summed E-state index contributed by atoms with van der Waals surface area (Å²) in [6.45, 7) is 5.26. The standard InChI is InChI=1S/C4H10O3.C3H8O/c1-3(2)7-4(5)6;1-3(2)4/h3-6H,1-2H3;3-4H,1-2H3. The maximum absolute atomic E-state index is 8.06. The highest BCUT2D eigenvalue weighted by molar-refractivity contribution is 4.30. The number of aliphatic hydroxyl groups is 3. The van der Waals surface area contributed by atoms with E-state index in [0.29, 0.717) is 0 Å². The first-order valence-corrected chi connectivity index (χ1v) is 3.56. The molecule has 0 fully saturated rings. The SMILES string of the molecule is CC(C)O.CC(C)OC(O)O. The zero-order valence-electron chi connectivity index (χ0n) is 7.48. The average Bonchev–Trinajstić information content (AvgIpc) is 1.56. The Hall–Kier alpha value is -0.160. The zero-order valence-corrected chi connectivity index (χ0v) is 7.48. The Bertz CT molecular complexity index is 62.1. The lowest BCUT2D eigenvalue weighted by atomic mass is 10.5. The van der Waals surface area contributed by atoms with Gasteiger partial charge in [-0.05, 0) is 27.7 Å². The van der Waals surface area contributed by atoms with E-state index in [1.54, 1.807) is 27.7 Å². The molecule has 0 bridgehead atoms. The molecule has 4 nitrogen and oxygen atoms in total. The van der Waals surface area contributed by atoms with Gasteiger partial charge in [-0.1, -0.05) is 0 Å². The molecule has 4 heteroatoms. The zero-order chi connectivity index (χ0) is 9.44. The Labute approximate surface area is 67.4 Å². The predicted octanol–water partition coefficient (Wildman–Crippen LogP) is 0.0667. The molecule has 0 saturated heterocycles. The minimum Gasteiger partial charge on any atom is -0.394 e. The smallest absolute Gasteiger partial charge is 0.266 e. The molecule has 0 saturated carbocycles. The van der Waals surface area contributed by atoms with E-state index in [9.17, 15) is 0 Å². The molecule has 0 rings (SSSR count). The van der Waals surface area contributed by atoms with Gasteiger partial charge in [0, 0.05) is 6.10 Å². The third-order valence-electron chi connectivity index (χ3n) is 0.394. The molecule has 70 valence electrons. The van der Waals surface area contributed by atoms with Crippen molar-refractivity contribution in [2.45, 2.75) is 46.4 Å². The largest absolute Gasteiger partial charge is 0.394 e. The summed E-state index contributed by atoms with van der Waals surface area (Å²) < 4.78 is 4.36. The van der Waals surface area contributed by atoms with Crippen LogP contribution in [-0.4, -0.2) is 34.0 Å². The van der Waals surface area contributed by atoms with Crippen LogP contribution >= 0.6 is 0 Å². The van der Waals surface area contributed by atoms with Gasteiger partial charge >= 0.3 is 0 Å². The fourth-order valence-electron chi connectivity index (χ4n) is 0.243. The highest BCUT2D eigenvalue weighted by Crippen LogP contribution is 1.88. The van der Waals surface area contributed by atoms with Crippen molar-refractivity contribution in [1.29, 1.82) is 0 Å². The molecule has 0 heterocycles. The second kappa shape index (κ2) is 7.94. The van der Waals surface area contributed by atoms with Crippen LogP contribution in [0.5, 0.6) is 0 Å². The van der Waals surface area contributed by atoms with E-state index < -0.39 is 6.48 Å². The van der Waals surface area contributed by atoms with E-state index in [2.05, 4.69) is 4.74 Å². The van der Waals surface area contributed by atoms with Crippen molar-refractivity contribution in [3.8, 4) is 0 Å². The molecule has 0 aliphatic rings. The van der Waals surface area contributed by atoms with Crippen molar-refractivity contribution < 1.29 is 20.1 Å². The maximum Gasteiger partial charge on any atom is 0.266 e. The van der Waals surface area contributed by atoms with Crippen LogP contribution in [-0.2, 0) is 4.74 Å². The van der Waals surface area contributed by atoms with E-state index in [-0.39, 0.29) is 12.2 Å². The van der Waals surface area contributed by atoms with Gasteiger partial charge in [0.2, 0.25) is 0 Å². The van der Waals surface area contributed by atoms with Crippen molar-refractivity contribution in [2.24, 2.45) is 0 Å². The van der Waals surface area contributed by atoms with Gasteiger partial charge in [-0.2, -0.15) is 0 Å². The molecule has 0 aromatic heterocycles. The molecule has 0 aromatic carbocycles. The van der Waals surface area contributed by atoms with Crippen molar-refractivity contribution >= 4 is 0 Å². The van der Waals surface area contributed by atoms with Crippen LogP contribution in [0.15, 0.2) is 0 Å². The minimum absolute atomic E-state index is 0.125. The molecule has 0 spiro atoms. The average molecular weight is 166 g/mol. The maximum atomic E-state index is 8.06. The van der Waals surface area contributed by atoms with E-state index >= 15 is 0 Å². The predicted molar refractivity (Wildman–Crippen MR) is 41.8 cm³/mol. The van der Waals surface area contributed by atoms with Gasteiger partial charge < -0.3 is 20.1 Å². The monoisotopic (exact) mass is 166 g/mol. The molecule has 3 N–H and O–H groups in total. The highest BCUT2D eigenvalue weighted by Gasteiger charge is 1.97. The van der Waals surface area contributed by atoms with Crippen LogP contribution in [0.4, 0.5) is 0 Å². The number of ether oxygens (including phenoxy) is 1. The third-order valence-corrected chi connectivity index (χ3v) is 0.394. The van der Waals surface area contributed by atoms with Gasteiger partial charge in [0.05, 0.1) is 6.10 Å². The van der Waals surface area contributed by atoms with Gasteiger partial charge in [-0.25, -0.2) is 0 Å². The Balaban J connectivity index is 0. The first-order valence-electron chi connectivity index (χ1n) is 3.56. The van der Waals surface area contributed by atoms with E-state index in [1.807, 2.05) is 0 Å². The summed E-state index contributed by atoms with van der Waals surface area (Å²) in [5.41, 5.74) is 0. The Morgan fingerprint density at radius 1 is 0.909 bits per heavy atom. The van der Waals surface area contributed by atoms with E-state index in [4.69, 9.17) is 15.3 Å². The molecule has 0 atom stereocenters. The molecule has 0 radical (unpaired) electrons. The van der Waals surface area contributed by atoms with Crippen molar-refractivity contribution in [3.63, 3.8) is 0 Å². The summed E-state index contributed by atoms with van der Waals surface area (Å²) in [7, 11) is 0. The highest BCUT2D eigenvalue weighted by atomic mass is 16.7. The van der Waals surface area contributed by atoms with Crippen LogP contribution in [0.1, 0.15) is 27.7 Å². The number of rotatable bonds is 2.